The zero-order valence-electron chi connectivity index (χ0n) is 9.81. The molecule has 0 spiro atoms. The summed E-state index contributed by atoms with van der Waals surface area (Å²) in [6.45, 7) is 6.17. The molecule has 0 aliphatic carbocycles. The molecule has 0 amide bonds. The highest BCUT2D eigenvalue weighted by molar-refractivity contribution is 7.62. The van der Waals surface area contributed by atoms with Crippen molar-refractivity contribution in [2.24, 2.45) is 0 Å². The Balaban J connectivity index is 2.61. The number of fused-ring (bicyclic) bond motifs is 1. The Labute approximate surface area is 97.2 Å². The predicted molar refractivity (Wildman–Crippen MR) is 70.3 cm³/mol. The summed E-state index contributed by atoms with van der Waals surface area (Å²) in [5.41, 5.74) is 0.925. The number of pyridine rings is 1. The Hall–Kier alpha value is -0.980. The summed E-state index contributed by atoms with van der Waals surface area (Å²) < 4.78 is 0. The van der Waals surface area contributed by atoms with Gasteiger partial charge in [-0.1, -0.05) is 45.0 Å². The van der Waals surface area contributed by atoms with Crippen LogP contribution in [-0.2, 0) is 0 Å². The molecule has 0 saturated carbocycles. The van der Waals surface area contributed by atoms with Gasteiger partial charge in [-0.05, 0) is 6.07 Å². The number of nitrogens with zero attached hydrogens (tertiary/aromatic N) is 1. The molecule has 2 aromatic rings. The van der Waals surface area contributed by atoms with Crippen molar-refractivity contribution in [1.29, 1.82) is 0 Å². The van der Waals surface area contributed by atoms with E-state index in [9.17, 15) is 4.89 Å². The van der Waals surface area contributed by atoms with Gasteiger partial charge in [-0.3, -0.25) is 4.98 Å². The third-order valence-electron chi connectivity index (χ3n) is 2.48. The molecule has 1 aromatic heterocycles. The minimum Gasteiger partial charge on any atom is -0.368 e. The zero-order valence-corrected chi connectivity index (χ0v) is 10.7. The molecule has 84 valence electrons. The van der Waals surface area contributed by atoms with Crippen molar-refractivity contribution >= 4 is 24.4 Å². The molecule has 0 aliphatic rings. The number of hydrogen-bond donors (Lipinski definition) is 1. The van der Waals surface area contributed by atoms with Crippen LogP contribution in [0.15, 0.2) is 36.5 Å². The fourth-order valence-electron chi connectivity index (χ4n) is 1.62. The second-order valence-corrected chi connectivity index (χ2v) is 7.28. The van der Waals surface area contributed by atoms with E-state index in [0.717, 1.165) is 16.2 Å². The summed E-state index contributed by atoms with van der Waals surface area (Å²) in [6, 6.07) is 9.93. The van der Waals surface area contributed by atoms with Gasteiger partial charge in [0.05, 0.1) is 13.7 Å². The Morgan fingerprint density at radius 3 is 2.50 bits per heavy atom. The van der Waals surface area contributed by atoms with Gasteiger partial charge in [-0.25, -0.2) is 0 Å². The van der Waals surface area contributed by atoms with Gasteiger partial charge in [0.1, 0.15) is 0 Å². The Morgan fingerprint density at radius 1 is 1.12 bits per heavy atom. The molecule has 2 nitrogen and oxygen atoms in total. The quantitative estimate of drug-likeness (QED) is 0.768. The highest BCUT2D eigenvalue weighted by Gasteiger charge is 2.25. The number of hydrogen-bond acceptors (Lipinski definition) is 2. The molecule has 0 saturated heterocycles. The standard InChI is InChI=1S/C13H16NOP/c1-13(2,3)16(15)11-8-4-6-10-7-5-9-14-12(10)11/h4-9,15H,1-3H3. The second kappa shape index (κ2) is 4.12. The first-order valence-electron chi connectivity index (χ1n) is 5.33. The summed E-state index contributed by atoms with van der Waals surface area (Å²) in [6.07, 6.45) is 1.78. The first kappa shape index (κ1) is 11.5. The average molecular weight is 233 g/mol. The Kier molecular flexibility index (Phi) is 2.96. The molecular weight excluding hydrogens is 217 g/mol. The molecule has 1 aromatic carbocycles. The van der Waals surface area contributed by atoms with Crippen molar-refractivity contribution in [1.82, 2.24) is 4.98 Å². The topological polar surface area (TPSA) is 33.1 Å². The van der Waals surface area contributed by atoms with E-state index in [4.69, 9.17) is 0 Å². The normalized spacial score (nSPS) is 14.0. The minimum atomic E-state index is -1.18. The van der Waals surface area contributed by atoms with Crippen LogP contribution in [0.3, 0.4) is 0 Å². The van der Waals surface area contributed by atoms with Crippen LogP contribution in [-0.4, -0.2) is 15.0 Å². The van der Waals surface area contributed by atoms with Crippen LogP contribution in [0.4, 0.5) is 0 Å². The third-order valence-corrected chi connectivity index (χ3v) is 4.56. The fourth-order valence-corrected chi connectivity index (χ4v) is 2.96. The lowest BCUT2D eigenvalue weighted by Crippen LogP contribution is -2.19. The molecule has 0 aliphatic heterocycles. The number of rotatable bonds is 1. The first-order valence-corrected chi connectivity index (χ1v) is 6.62. The minimum absolute atomic E-state index is 0.110. The van der Waals surface area contributed by atoms with Gasteiger partial charge >= 0.3 is 0 Å². The third kappa shape index (κ3) is 2.09. The summed E-state index contributed by atoms with van der Waals surface area (Å²) in [5.74, 6) is 0. The molecule has 1 heterocycles. The molecule has 0 fully saturated rings. The van der Waals surface area contributed by atoms with Crippen LogP contribution in [0.5, 0.6) is 0 Å². The van der Waals surface area contributed by atoms with Gasteiger partial charge in [-0.2, -0.15) is 0 Å². The van der Waals surface area contributed by atoms with Gasteiger partial charge in [0.25, 0.3) is 0 Å². The van der Waals surface area contributed by atoms with Crippen LogP contribution in [0.1, 0.15) is 20.8 Å². The molecule has 16 heavy (non-hydrogen) atoms. The van der Waals surface area contributed by atoms with E-state index in [1.165, 1.54) is 0 Å². The van der Waals surface area contributed by atoms with E-state index in [2.05, 4.69) is 25.8 Å². The molecular formula is C13H16NOP. The largest absolute Gasteiger partial charge is 0.368 e. The maximum Gasteiger partial charge on any atom is 0.0801 e. The smallest absolute Gasteiger partial charge is 0.0801 e. The monoisotopic (exact) mass is 233 g/mol. The highest BCUT2D eigenvalue weighted by Crippen LogP contribution is 2.45. The van der Waals surface area contributed by atoms with Gasteiger partial charge < -0.3 is 4.89 Å². The van der Waals surface area contributed by atoms with Crippen LogP contribution >= 0.6 is 8.15 Å². The molecule has 1 N–H and O–H groups in total. The predicted octanol–water partition coefficient (Wildman–Crippen LogP) is 3.05. The van der Waals surface area contributed by atoms with Gasteiger partial charge in [-0.15, -0.1) is 0 Å². The van der Waals surface area contributed by atoms with Gasteiger partial charge in [0, 0.05) is 22.0 Å². The number of benzene rings is 1. The maximum absolute atomic E-state index is 10.4. The number of aromatic nitrogens is 1. The Morgan fingerprint density at radius 2 is 1.81 bits per heavy atom. The Bertz CT molecular complexity index is 499. The van der Waals surface area contributed by atoms with Crippen molar-refractivity contribution in [2.45, 2.75) is 25.9 Å². The van der Waals surface area contributed by atoms with Gasteiger partial charge in [0.15, 0.2) is 0 Å². The summed E-state index contributed by atoms with van der Waals surface area (Å²) in [7, 11) is -1.18. The van der Waals surface area contributed by atoms with Crippen molar-refractivity contribution in [2.75, 3.05) is 0 Å². The maximum atomic E-state index is 10.4. The SMILES string of the molecule is CC(C)(C)P(O)c1cccc2cccnc12. The average Bonchev–Trinajstić information content (AvgIpc) is 2.26. The molecule has 0 bridgehead atoms. The highest BCUT2D eigenvalue weighted by atomic mass is 31.1. The van der Waals surface area contributed by atoms with E-state index in [1.54, 1.807) is 6.20 Å². The molecule has 1 atom stereocenters. The summed E-state index contributed by atoms with van der Waals surface area (Å²) >= 11 is 0. The van der Waals surface area contributed by atoms with Crippen LogP contribution in [0.2, 0.25) is 0 Å². The fraction of sp³-hybridized carbons (Fsp3) is 0.308. The van der Waals surface area contributed by atoms with Crippen LogP contribution in [0.25, 0.3) is 10.9 Å². The summed E-state index contributed by atoms with van der Waals surface area (Å²) in [5, 5.41) is 1.95. The number of para-hydroxylation sites is 1. The van der Waals surface area contributed by atoms with E-state index in [0.29, 0.717) is 0 Å². The van der Waals surface area contributed by atoms with Crippen molar-refractivity contribution in [3.63, 3.8) is 0 Å². The molecule has 0 radical (unpaired) electrons. The lowest BCUT2D eigenvalue weighted by Gasteiger charge is -2.26. The second-order valence-electron chi connectivity index (χ2n) is 4.83. The van der Waals surface area contributed by atoms with Crippen LogP contribution < -0.4 is 5.30 Å². The molecule has 2 rings (SSSR count). The van der Waals surface area contributed by atoms with Crippen molar-refractivity contribution < 1.29 is 4.89 Å². The van der Waals surface area contributed by atoms with Crippen molar-refractivity contribution in [3.05, 3.63) is 36.5 Å². The lowest BCUT2D eigenvalue weighted by molar-refractivity contribution is 0.589. The lowest BCUT2D eigenvalue weighted by atomic mass is 10.2. The summed E-state index contributed by atoms with van der Waals surface area (Å²) in [4.78, 5) is 14.8. The van der Waals surface area contributed by atoms with Gasteiger partial charge in [0.2, 0.25) is 0 Å². The van der Waals surface area contributed by atoms with Crippen molar-refractivity contribution in [3.8, 4) is 0 Å². The zero-order chi connectivity index (χ0) is 11.8. The van der Waals surface area contributed by atoms with E-state index in [-0.39, 0.29) is 5.16 Å². The van der Waals surface area contributed by atoms with E-state index in [1.807, 2.05) is 30.3 Å². The van der Waals surface area contributed by atoms with E-state index >= 15 is 0 Å². The first-order chi connectivity index (χ1) is 7.50. The van der Waals surface area contributed by atoms with E-state index < -0.39 is 8.15 Å². The molecule has 3 heteroatoms. The van der Waals surface area contributed by atoms with Crippen LogP contribution in [0, 0.1) is 0 Å². The molecule has 1 unspecified atom stereocenters.